The molecule has 0 aliphatic heterocycles. The number of nitrogens with one attached hydrogen (secondary N) is 2. The number of anilines is 2. The lowest BCUT2D eigenvalue weighted by molar-refractivity contribution is 0.607. The minimum atomic E-state index is -3.26. The molecular formula is C15H18N2O2S. The van der Waals surface area contributed by atoms with Gasteiger partial charge < -0.3 is 5.32 Å². The number of hydrogen-bond acceptors (Lipinski definition) is 3. The summed E-state index contributed by atoms with van der Waals surface area (Å²) in [6.07, 6.45) is 1.15. The van der Waals surface area contributed by atoms with Crippen LogP contribution in [0.3, 0.4) is 0 Å². The molecule has 4 nitrogen and oxygen atoms in total. The van der Waals surface area contributed by atoms with E-state index in [0.29, 0.717) is 12.2 Å². The van der Waals surface area contributed by atoms with Crippen LogP contribution in [0.25, 0.3) is 0 Å². The summed E-state index contributed by atoms with van der Waals surface area (Å²) in [4.78, 5) is 0. The molecule has 0 saturated heterocycles. The van der Waals surface area contributed by atoms with E-state index in [9.17, 15) is 8.42 Å². The minimum Gasteiger partial charge on any atom is -0.381 e. The third-order valence-electron chi connectivity index (χ3n) is 2.95. The highest BCUT2D eigenvalue weighted by Gasteiger charge is 2.07. The van der Waals surface area contributed by atoms with Gasteiger partial charge in [0.05, 0.1) is 11.9 Å². The smallest absolute Gasteiger partial charge is 0.229 e. The van der Waals surface area contributed by atoms with Gasteiger partial charge in [-0.3, -0.25) is 4.72 Å². The van der Waals surface area contributed by atoms with Crippen LogP contribution in [0.15, 0.2) is 48.5 Å². The summed E-state index contributed by atoms with van der Waals surface area (Å²) < 4.78 is 25.1. The van der Waals surface area contributed by atoms with Crippen molar-refractivity contribution in [3.63, 3.8) is 0 Å². The number of benzene rings is 2. The fourth-order valence-corrected chi connectivity index (χ4v) is 2.55. The van der Waals surface area contributed by atoms with Gasteiger partial charge in [-0.2, -0.15) is 0 Å². The van der Waals surface area contributed by atoms with Crippen LogP contribution in [-0.4, -0.2) is 14.7 Å². The van der Waals surface area contributed by atoms with Gasteiger partial charge in [0.1, 0.15) is 0 Å². The molecule has 20 heavy (non-hydrogen) atoms. The summed E-state index contributed by atoms with van der Waals surface area (Å²) in [6, 6.07) is 15.6. The first kappa shape index (κ1) is 14.4. The van der Waals surface area contributed by atoms with E-state index in [-0.39, 0.29) is 0 Å². The molecule has 0 amide bonds. The molecule has 5 heteroatoms. The van der Waals surface area contributed by atoms with Crippen molar-refractivity contribution < 1.29 is 8.42 Å². The van der Waals surface area contributed by atoms with Crippen LogP contribution in [0.1, 0.15) is 11.1 Å². The molecule has 2 rings (SSSR count). The van der Waals surface area contributed by atoms with Crippen LogP contribution in [0.2, 0.25) is 0 Å². The maximum Gasteiger partial charge on any atom is 0.229 e. The van der Waals surface area contributed by atoms with Crippen molar-refractivity contribution in [1.29, 1.82) is 0 Å². The zero-order valence-electron chi connectivity index (χ0n) is 11.6. The SMILES string of the molecule is Cc1c(NCc2ccccc2)cccc1NS(C)(=O)=O. The molecule has 106 valence electrons. The van der Waals surface area contributed by atoms with E-state index < -0.39 is 10.0 Å². The highest BCUT2D eigenvalue weighted by atomic mass is 32.2. The first-order valence-corrected chi connectivity index (χ1v) is 8.20. The average molecular weight is 290 g/mol. The predicted molar refractivity (Wildman–Crippen MR) is 83.4 cm³/mol. The lowest BCUT2D eigenvalue weighted by atomic mass is 10.1. The predicted octanol–water partition coefficient (Wildman–Crippen LogP) is 2.98. The molecule has 0 radical (unpaired) electrons. The summed E-state index contributed by atoms with van der Waals surface area (Å²) in [7, 11) is -3.26. The third-order valence-corrected chi connectivity index (χ3v) is 3.55. The van der Waals surface area contributed by atoms with Crippen molar-refractivity contribution >= 4 is 21.4 Å². The van der Waals surface area contributed by atoms with Crippen molar-refractivity contribution in [1.82, 2.24) is 0 Å². The van der Waals surface area contributed by atoms with Crippen molar-refractivity contribution in [2.45, 2.75) is 13.5 Å². The Bertz CT molecular complexity index is 682. The van der Waals surface area contributed by atoms with Gasteiger partial charge in [-0.15, -0.1) is 0 Å². The van der Waals surface area contributed by atoms with Crippen LogP contribution in [0.5, 0.6) is 0 Å². The van der Waals surface area contributed by atoms with Gasteiger partial charge in [0.25, 0.3) is 0 Å². The maximum absolute atomic E-state index is 11.3. The molecule has 2 aromatic carbocycles. The normalized spacial score (nSPS) is 11.1. The summed E-state index contributed by atoms with van der Waals surface area (Å²) in [6.45, 7) is 2.59. The van der Waals surface area contributed by atoms with Crippen molar-refractivity contribution in [2.24, 2.45) is 0 Å². The molecule has 0 unspecified atom stereocenters. The molecule has 0 atom stereocenters. The van der Waals surface area contributed by atoms with Gasteiger partial charge in [0, 0.05) is 12.2 Å². The van der Waals surface area contributed by atoms with Crippen molar-refractivity contribution in [3.8, 4) is 0 Å². The van der Waals surface area contributed by atoms with E-state index in [2.05, 4.69) is 10.0 Å². The van der Waals surface area contributed by atoms with E-state index in [1.54, 1.807) is 6.07 Å². The molecule has 0 aliphatic rings. The second-order valence-electron chi connectivity index (χ2n) is 4.69. The molecule has 0 aliphatic carbocycles. The highest BCUT2D eigenvalue weighted by molar-refractivity contribution is 7.92. The van der Waals surface area contributed by atoms with E-state index in [1.807, 2.05) is 49.4 Å². The Hall–Kier alpha value is -2.01. The van der Waals surface area contributed by atoms with E-state index >= 15 is 0 Å². The van der Waals surface area contributed by atoms with Gasteiger partial charge >= 0.3 is 0 Å². The standard InChI is InChI=1S/C15H18N2O2S/c1-12-14(16-11-13-7-4-3-5-8-13)9-6-10-15(12)17-20(2,18)19/h3-10,16-17H,11H2,1-2H3. The lowest BCUT2D eigenvalue weighted by Gasteiger charge is -2.14. The molecule has 2 aromatic rings. The number of hydrogen-bond donors (Lipinski definition) is 2. The quantitative estimate of drug-likeness (QED) is 0.890. The highest BCUT2D eigenvalue weighted by Crippen LogP contribution is 2.24. The number of sulfonamides is 1. The van der Waals surface area contributed by atoms with Crippen LogP contribution in [0, 0.1) is 6.92 Å². The van der Waals surface area contributed by atoms with Crippen molar-refractivity contribution in [2.75, 3.05) is 16.3 Å². The monoisotopic (exact) mass is 290 g/mol. The van der Waals surface area contributed by atoms with E-state index in [1.165, 1.54) is 5.56 Å². The molecule has 0 heterocycles. The average Bonchev–Trinajstić information content (AvgIpc) is 2.39. The van der Waals surface area contributed by atoms with Crippen LogP contribution in [0.4, 0.5) is 11.4 Å². The van der Waals surface area contributed by atoms with Gasteiger partial charge in [0.2, 0.25) is 10.0 Å². The summed E-state index contributed by atoms with van der Waals surface area (Å²) >= 11 is 0. The Morgan fingerprint density at radius 1 is 0.950 bits per heavy atom. The van der Waals surface area contributed by atoms with Crippen LogP contribution in [-0.2, 0) is 16.6 Å². The summed E-state index contributed by atoms with van der Waals surface area (Å²) in [5, 5.41) is 3.32. The largest absolute Gasteiger partial charge is 0.381 e. The molecule has 0 spiro atoms. The summed E-state index contributed by atoms with van der Waals surface area (Å²) in [5.41, 5.74) is 3.58. The molecule has 0 bridgehead atoms. The molecule has 0 fully saturated rings. The third kappa shape index (κ3) is 3.99. The summed E-state index contributed by atoms with van der Waals surface area (Å²) in [5.74, 6) is 0. The Morgan fingerprint density at radius 2 is 1.60 bits per heavy atom. The Balaban J connectivity index is 2.15. The zero-order valence-corrected chi connectivity index (χ0v) is 12.4. The topological polar surface area (TPSA) is 58.2 Å². The van der Waals surface area contributed by atoms with Gasteiger partial charge in [-0.05, 0) is 30.2 Å². The first-order chi connectivity index (χ1) is 9.46. The second kappa shape index (κ2) is 5.96. The Kier molecular flexibility index (Phi) is 4.29. The van der Waals surface area contributed by atoms with Gasteiger partial charge in [-0.1, -0.05) is 36.4 Å². The van der Waals surface area contributed by atoms with E-state index in [0.717, 1.165) is 17.5 Å². The fourth-order valence-electron chi connectivity index (χ4n) is 1.93. The second-order valence-corrected chi connectivity index (χ2v) is 6.44. The lowest BCUT2D eigenvalue weighted by Crippen LogP contribution is -2.11. The van der Waals surface area contributed by atoms with E-state index in [4.69, 9.17) is 0 Å². The maximum atomic E-state index is 11.3. The molecule has 0 aromatic heterocycles. The minimum absolute atomic E-state index is 0.602. The molecule has 0 saturated carbocycles. The first-order valence-electron chi connectivity index (χ1n) is 6.31. The van der Waals surface area contributed by atoms with Gasteiger partial charge in [-0.25, -0.2) is 8.42 Å². The van der Waals surface area contributed by atoms with Gasteiger partial charge in [0.15, 0.2) is 0 Å². The Labute approximate surface area is 119 Å². The molecular weight excluding hydrogens is 272 g/mol. The van der Waals surface area contributed by atoms with Crippen LogP contribution >= 0.6 is 0 Å². The van der Waals surface area contributed by atoms with Crippen LogP contribution < -0.4 is 10.0 Å². The fraction of sp³-hybridized carbons (Fsp3) is 0.200. The Morgan fingerprint density at radius 3 is 2.25 bits per heavy atom. The number of rotatable bonds is 5. The van der Waals surface area contributed by atoms with Crippen molar-refractivity contribution in [3.05, 3.63) is 59.7 Å². The molecule has 2 N–H and O–H groups in total. The zero-order chi connectivity index (χ0) is 14.6.